The zero-order valence-corrected chi connectivity index (χ0v) is 41.1. The first-order valence-electron chi connectivity index (χ1n) is 25.3. The number of tetrazole rings is 1. The van der Waals surface area contributed by atoms with Crippen LogP contribution in [0.1, 0.15) is 110 Å². The van der Waals surface area contributed by atoms with E-state index in [0.29, 0.717) is 38.0 Å². The van der Waals surface area contributed by atoms with E-state index < -0.39 is 78.5 Å². The van der Waals surface area contributed by atoms with Crippen molar-refractivity contribution in [2.24, 2.45) is 0 Å². The van der Waals surface area contributed by atoms with Gasteiger partial charge in [-0.25, -0.2) is 22.7 Å². The number of anilines is 1. The molecule has 2 aromatic carbocycles. The molecule has 5 aromatic rings. The second-order valence-corrected chi connectivity index (χ2v) is 19.8. The highest BCUT2D eigenvalue weighted by Gasteiger charge is 2.39. The van der Waals surface area contributed by atoms with Gasteiger partial charge in [-0.05, 0) is 67.2 Å². The molecule has 16 nitrogen and oxygen atoms in total. The number of H-pyrrole nitrogens is 1. The topological polar surface area (TPSA) is 183 Å². The van der Waals surface area contributed by atoms with E-state index in [9.17, 15) is 63.4 Å². The largest absolute Gasteiger partial charge is 0.481 e. The van der Waals surface area contributed by atoms with Gasteiger partial charge in [0.05, 0.1) is 41.0 Å². The maximum atomic E-state index is 13.8. The average molecular weight is 1080 g/mol. The highest BCUT2D eigenvalue weighted by Crippen LogP contribution is 2.43. The van der Waals surface area contributed by atoms with Gasteiger partial charge in [-0.3, -0.25) is 38.4 Å². The summed E-state index contributed by atoms with van der Waals surface area (Å²) < 4.78 is 141. The van der Waals surface area contributed by atoms with Crippen molar-refractivity contribution < 1.29 is 63.4 Å². The molecule has 412 valence electrons. The van der Waals surface area contributed by atoms with Crippen molar-refractivity contribution in [1.82, 2.24) is 55.3 Å². The Hall–Kier alpha value is -6.44. The number of carbonyl (C=O) groups is 3. The van der Waals surface area contributed by atoms with Crippen LogP contribution in [0.4, 0.5) is 49.7 Å². The smallest absolute Gasteiger partial charge is 0.417 e. The number of aromatic amines is 1. The SMILES string of the molecule is O=C(N[C@@H](CCN1C[C@H](F)[C@@H](F)C1)Cc1nnn[nH]1)c1cc(-c2ccccc2C(F)(F)F)n(C2CCCC2)n1.O=CN(c1cc(-c2ccccc2C(F)(F)F)n(C2CCCC2)n1)[C@@H](CCN1C[C@H](F)[C@@H](F)C1)CC(=O)O. The van der Waals surface area contributed by atoms with E-state index in [-0.39, 0.29) is 91.7 Å². The zero-order valence-electron chi connectivity index (χ0n) is 41.1. The number of benzene rings is 2. The minimum atomic E-state index is -4.62. The van der Waals surface area contributed by atoms with Crippen LogP contribution in [0.25, 0.3) is 22.5 Å². The lowest BCUT2D eigenvalue weighted by atomic mass is 10.0. The molecule has 2 amide bonds. The van der Waals surface area contributed by atoms with Crippen LogP contribution in [-0.4, -0.2) is 149 Å². The molecule has 2 saturated carbocycles. The summed E-state index contributed by atoms with van der Waals surface area (Å²) in [5.74, 6) is -1.32. The van der Waals surface area contributed by atoms with Gasteiger partial charge >= 0.3 is 18.3 Å². The monoisotopic (exact) mass is 1080 g/mol. The molecule has 2 saturated heterocycles. The number of halogens is 10. The van der Waals surface area contributed by atoms with Gasteiger partial charge in [0.15, 0.2) is 11.5 Å². The predicted octanol–water partition coefficient (Wildman–Crippen LogP) is 8.79. The van der Waals surface area contributed by atoms with E-state index in [4.69, 9.17) is 0 Å². The van der Waals surface area contributed by atoms with Crippen molar-refractivity contribution in [3.8, 4) is 22.5 Å². The third kappa shape index (κ3) is 13.6. The summed E-state index contributed by atoms with van der Waals surface area (Å²) >= 11 is 0. The molecule has 9 rings (SSSR count). The van der Waals surface area contributed by atoms with Crippen molar-refractivity contribution in [1.29, 1.82) is 0 Å². The van der Waals surface area contributed by atoms with Gasteiger partial charge in [-0.2, -0.15) is 36.5 Å². The Morgan fingerprint density at radius 1 is 0.724 bits per heavy atom. The lowest BCUT2D eigenvalue weighted by molar-refractivity contribution is -0.138. The molecule has 0 unspecified atom stereocenters. The molecule has 0 spiro atoms. The van der Waals surface area contributed by atoms with Crippen LogP contribution in [0.5, 0.6) is 0 Å². The Morgan fingerprint density at radius 2 is 1.21 bits per heavy atom. The molecule has 0 bridgehead atoms. The normalized spacial score (nSPS) is 21.7. The maximum absolute atomic E-state index is 13.8. The van der Waals surface area contributed by atoms with Crippen molar-refractivity contribution in [2.45, 2.75) is 138 Å². The number of carbonyl (C=O) groups excluding carboxylic acids is 2. The number of likely N-dealkylation sites (tertiary alicyclic amines) is 2. The molecular formula is C50H58F10N12O4. The van der Waals surface area contributed by atoms with Crippen LogP contribution in [0.15, 0.2) is 60.7 Å². The van der Waals surface area contributed by atoms with Crippen LogP contribution >= 0.6 is 0 Å². The third-order valence-corrected chi connectivity index (χ3v) is 14.5. The van der Waals surface area contributed by atoms with Gasteiger partial charge < -0.3 is 10.4 Å². The van der Waals surface area contributed by atoms with E-state index >= 15 is 0 Å². The number of alkyl halides is 10. The summed E-state index contributed by atoms with van der Waals surface area (Å²) in [7, 11) is 0. The summed E-state index contributed by atoms with van der Waals surface area (Å²) in [5, 5.41) is 34.9. The summed E-state index contributed by atoms with van der Waals surface area (Å²) in [6, 6.07) is 11.5. The van der Waals surface area contributed by atoms with Crippen molar-refractivity contribution >= 4 is 24.1 Å². The molecule has 4 aliphatic rings. The molecule has 0 radical (unpaired) electrons. The maximum Gasteiger partial charge on any atom is 0.417 e. The van der Waals surface area contributed by atoms with Gasteiger partial charge in [-0.1, -0.05) is 62.1 Å². The van der Waals surface area contributed by atoms with Crippen molar-refractivity contribution in [3.05, 3.63) is 83.3 Å². The first-order valence-corrected chi connectivity index (χ1v) is 25.3. The van der Waals surface area contributed by atoms with E-state index in [1.165, 1.54) is 58.1 Å². The number of rotatable bonds is 19. The molecule has 2 aliphatic carbocycles. The number of aliphatic carboxylic acids is 1. The molecular weight excluding hydrogens is 1020 g/mol. The number of nitrogens with zero attached hydrogens (tertiary/aromatic N) is 10. The van der Waals surface area contributed by atoms with E-state index in [0.717, 1.165) is 55.6 Å². The van der Waals surface area contributed by atoms with E-state index in [2.05, 4.69) is 36.1 Å². The molecule has 6 atom stereocenters. The number of hydrogen-bond acceptors (Lipinski definition) is 10. The predicted molar refractivity (Wildman–Crippen MR) is 256 cm³/mol. The summed E-state index contributed by atoms with van der Waals surface area (Å²) in [6.45, 7) is 0.163. The molecule has 76 heavy (non-hydrogen) atoms. The Morgan fingerprint density at radius 3 is 1.68 bits per heavy atom. The summed E-state index contributed by atoms with van der Waals surface area (Å²) in [4.78, 5) is 41.4. The van der Waals surface area contributed by atoms with E-state index in [1.807, 2.05) is 0 Å². The van der Waals surface area contributed by atoms with E-state index in [1.54, 1.807) is 9.58 Å². The molecule has 3 N–H and O–H groups in total. The lowest BCUT2D eigenvalue weighted by Crippen LogP contribution is -2.39. The second-order valence-electron chi connectivity index (χ2n) is 19.8. The Balaban J connectivity index is 0.000000202. The van der Waals surface area contributed by atoms with Crippen LogP contribution in [0.2, 0.25) is 0 Å². The number of carboxylic acids is 1. The fourth-order valence-electron chi connectivity index (χ4n) is 10.7. The minimum Gasteiger partial charge on any atom is -0.481 e. The zero-order chi connectivity index (χ0) is 54.3. The van der Waals surface area contributed by atoms with Crippen LogP contribution in [0.3, 0.4) is 0 Å². The average Bonchev–Trinajstić information content (AvgIpc) is 4.24. The first kappa shape index (κ1) is 55.8. The summed E-state index contributed by atoms with van der Waals surface area (Å²) in [5.41, 5.74) is -1.34. The Kier molecular flexibility index (Phi) is 17.8. The summed E-state index contributed by atoms with van der Waals surface area (Å²) in [6.07, 6.45) is -8.36. The molecule has 4 fully saturated rings. The lowest BCUT2D eigenvalue weighted by Gasteiger charge is -2.27. The van der Waals surface area contributed by atoms with Crippen molar-refractivity contribution in [3.63, 3.8) is 0 Å². The van der Waals surface area contributed by atoms with Crippen LogP contribution < -0.4 is 10.2 Å². The third-order valence-electron chi connectivity index (χ3n) is 14.5. The van der Waals surface area contributed by atoms with Crippen LogP contribution in [-0.2, 0) is 28.4 Å². The number of carboxylic acid groups (broad SMARTS) is 1. The number of nitrogens with one attached hydrogen (secondary N) is 2. The molecule has 5 heterocycles. The van der Waals surface area contributed by atoms with Gasteiger partial charge in [-0.15, -0.1) is 5.10 Å². The quantitative estimate of drug-likeness (QED) is 0.0531. The molecule has 26 heteroatoms. The van der Waals surface area contributed by atoms with Crippen LogP contribution in [0, 0.1) is 0 Å². The highest BCUT2D eigenvalue weighted by molar-refractivity contribution is 5.94. The number of amides is 2. The standard InChI is InChI=1S/C25H29F5N8O.C25H29F5N4O3/c26-19-13-37(14-20(19)27)10-9-15(11-23-32-35-36-33-23)31-24(39)21-12-22(38(34-21)16-5-1-2-6-16)17-7-3-4-8-18(17)25(28,29)30;26-20-13-32(14-21(20)27)10-9-17(11-24(36)37)33(15-35)23-12-22(34(31-23)16-5-1-2-6-16)18-7-3-4-8-19(18)25(28,29)30/h3-4,7-8,12,15-16,19-20H,1-2,5-6,9-11,13-14H2,(H,31,39)(H,32,33,35,36);3-4,7-8,12,15-17,20-21H,1-2,5-6,9-11,13-14H2,(H,36,37)/t15-,19-,20-;17-,20-,21-/m00/s1. The number of aromatic nitrogens is 8. The van der Waals surface area contributed by atoms with Crippen molar-refractivity contribution in [2.75, 3.05) is 44.2 Å². The first-order chi connectivity index (χ1) is 36.3. The van der Waals surface area contributed by atoms with Gasteiger partial charge in [0.1, 0.15) is 30.5 Å². The second kappa shape index (κ2) is 24.3. The van der Waals surface area contributed by atoms with Gasteiger partial charge in [0.2, 0.25) is 6.41 Å². The van der Waals surface area contributed by atoms with Gasteiger partial charge in [0.25, 0.3) is 5.91 Å². The molecule has 2 aliphatic heterocycles. The Labute approximate surface area is 430 Å². The molecule has 3 aromatic heterocycles. The fourth-order valence-corrected chi connectivity index (χ4v) is 10.7. The minimum absolute atomic E-state index is 0.0108. The Bertz CT molecular complexity index is 2710. The number of hydrogen-bond donors (Lipinski definition) is 3. The highest BCUT2D eigenvalue weighted by atomic mass is 19.4. The fraction of sp³-hybridized carbons (Fsp3) is 0.560. The van der Waals surface area contributed by atoms with Gasteiger partial charge in [0, 0.05) is 75.0 Å².